The molecule has 1 atom stereocenters. The zero-order valence-corrected chi connectivity index (χ0v) is 21.1. The third kappa shape index (κ3) is 9.48. The van der Waals surface area contributed by atoms with Gasteiger partial charge in [-0.15, -0.1) is 34.2 Å². The van der Waals surface area contributed by atoms with Crippen molar-refractivity contribution in [3.63, 3.8) is 0 Å². The second kappa shape index (κ2) is 14.4. The van der Waals surface area contributed by atoms with Gasteiger partial charge in [-0.3, -0.25) is 0 Å². The highest BCUT2D eigenvalue weighted by Gasteiger charge is 2.08. The summed E-state index contributed by atoms with van der Waals surface area (Å²) in [6, 6.07) is 7.34. The monoisotopic (exact) mass is 550 g/mol. The Balaban J connectivity index is 0.00000450. The summed E-state index contributed by atoms with van der Waals surface area (Å²) in [6.45, 7) is 9.15. The number of ether oxygens (including phenoxy) is 2. The molecular formula is C20H32ClIN6O2. The predicted molar refractivity (Wildman–Crippen MR) is 131 cm³/mol. The Hall–Kier alpha value is -1.59. The maximum Gasteiger partial charge on any atom is 0.191 e. The molecule has 8 nitrogen and oxygen atoms in total. The lowest BCUT2D eigenvalue weighted by atomic mass is 10.3. The van der Waals surface area contributed by atoms with E-state index in [-0.39, 0.29) is 30.1 Å². The lowest BCUT2D eigenvalue weighted by Crippen LogP contribution is -2.42. The van der Waals surface area contributed by atoms with Gasteiger partial charge in [-0.2, -0.15) is 0 Å². The molecule has 2 rings (SSSR count). The van der Waals surface area contributed by atoms with Gasteiger partial charge in [0.25, 0.3) is 0 Å². The SMILES string of the molecule is CCOCCCNC(=NCc1nnc(C)n1C)NCC(C)Oc1ccc(Cl)cc1.I. The minimum Gasteiger partial charge on any atom is -0.489 e. The van der Waals surface area contributed by atoms with Crippen molar-refractivity contribution in [3.05, 3.63) is 40.9 Å². The van der Waals surface area contributed by atoms with Crippen molar-refractivity contribution in [3.8, 4) is 5.75 Å². The Morgan fingerprint density at radius 1 is 1.23 bits per heavy atom. The van der Waals surface area contributed by atoms with E-state index < -0.39 is 0 Å². The van der Waals surface area contributed by atoms with E-state index in [0.29, 0.717) is 24.1 Å². The van der Waals surface area contributed by atoms with Crippen molar-refractivity contribution in [1.82, 2.24) is 25.4 Å². The zero-order chi connectivity index (χ0) is 21.1. The minimum absolute atomic E-state index is 0. The van der Waals surface area contributed by atoms with Gasteiger partial charge in [0.05, 0.1) is 6.54 Å². The minimum atomic E-state index is -0.0522. The Kier molecular flexibility index (Phi) is 12.7. The van der Waals surface area contributed by atoms with Crippen LogP contribution < -0.4 is 15.4 Å². The fraction of sp³-hybridized carbons (Fsp3) is 0.550. The van der Waals surface area contributed by atoms with Crippen LogP contribution >= 0.6 is 35.6 Å². The lowest BCUT2D eigenvalue weighted by molar-refractivity contribution is 0.145. The highest BCUT2D eigenvalue weighted by atomic mass is 127. The molecule has 1 heterocycles. The number of halogens is 2. The van der Waals surface area contributed by atoms with Crippen molar-refractivity contribution >= 4 is 41.5 Å². The number of aryl methyl sites for hydroxylation is 1. The number of benzene rings is 1. The van der Waals surface area contributed by atoms with Gasteiger partial charge in [0, 0.05) is 31.8 Å². The standard InChI is InChI=1S/C20H31ClN6O2.HI/c1-5-28-12-6-11-22-20(24-14-19-26-25-16(3)27(19)4)23-13-15(2)29-18-9-7-17(21)8-10-18;/h7-10,15H,5-6,11-14H2,1-4H3,(H2,22,23,24);1H. The molecular weight excluding hydrogens is 519 g/mol. The lowest BCUT2D eigenvalue weighted by Gasteiger charge is -2.18. The van der Waals surface area contributed by atoms with Gasteiger partial charge in [-0.05, 0) is 51.5 Å². The van der Waals surface area contributed by atoms with Crippen molar-refractivity contribution < 1.29 is 9.47 Å². The van der Waals surface area contributed by atoms with E-state index in [1.807, 2.05) is 56.7 Å². The molecule has 1 unspecified atom stereocenters. The molecule has 0 spiro atoms. The number of nitrogens with zero attached hydrogens (tertiary/aromatic N) is 4. The third-order valence-electron chi connectivity index (χ3n) is 4.23. The average Bonchev–Trinajstić information content (AvgIpc) is 3.03. The zero-order valence-electron chi connectivity index (χ0n) is 18.0. The summed E-state index contributed by atoms with van der Waals surface area (Å²) in [5, 5.41) is 15.6. The Bertz CT molecular complexity index is 769. The molecule has 1 aromatic carbocycles. The third-order valence-corrected chi connectivity index (χ3v) is 4.48. The van der Waals surface area contributed by atoms with Gasteiger partial charge in [0.2, 0.25) is 0 Å². The van der Waals surface area contributed by atoms with Gasteiger partial charge < -0.3 is 24.7 Å². The number of hydrogen-bond acceptors (Lipinski definition) is 5. The Labute approximate surface area is 200 Å². The first-order valence-electron chi connectivity index (χ1n) is 9.86. The van der Waals surface area contributed by atoms with Crippen LogP contribution in [-0.2, 0) is 18.3 Å². The molecule has 2 N–H and O–H groups in total. The maximum atomic E-state index is 5.92. The van der Waals surface area contributed by atoms with E-state index in [1.165, 1.54) is 0 Å². The van der Waals surface area contributed by atoms with E-state index >= 15 is 0 Å². The van der Waals surface area contributed by atoms with Gasteiger partial charge in [-0.1, -0.05) is 11.6 Å². The molecule has 2 aromatic rings. The second-order valence-electron chi connectivity index (χ2n) is 6.63. The van der Waals surface area contributed by atoms with E-state index in [9.17, 15) is 0 Å². The van der Waals surface area contributed by atoms with Crippen LogP contribution in [0.1, 0.15) is 31.9 Å². The average molecular weight is 551 g/mol. The molecule has 168 valence electrons. The van der Waals surface area contributed by atoms with Crippen molar-refractivity contribution in [2.45, 2.75) is 39.8 Å². The first kappa shape index (κ1) is 26.4. The molecule has 0 saturated heterocycles. The smallest absolute Gasteiger partial charge is 0.191 e. The van der Waals surface area contributed by atoms with Crippen LogP contribution in [0.15, 0.2) is 29.3 Å². The Morgan fingerprint density at radius 3 is 2.60 bits per heavy atom. The quantitative estimate of drug-likeness (QED) is 0.193. The number of nitrogens with one attached hydrogen (secondary N) is 2. The molecule has 0 aliphatic rings. The van der Waals surface area contributed by atoms with Crippen LogP contribution in [0.4, 0.5) is 0 Å². The molecule has 0 amide bonds. The summed E-state index contributed by atoms with van der Waals surface area (Å²) in [7, 11) is 1.94. The van der Waals surface area contributed by atoms with E-state index in [4.69, 9.17) is 21.1 Å². The molecule has 0 bridgehead atoms. The summed E-state index contributed by atoms with van der Waals surface area (Å²) in [4.78, 5) is 4.63. The highest BCUT2D eigenvalue weighted by Crippen LogP contribution is 2.16. The molecule has 1 aromatic heterocycles. The molecule has 0 aliphatic heterocycles. The summed E-state index contributed by atoms with van der Waals surface area (Å²) in [5.74, 6) is 3.15. The van der Waals surface area contributed by atoms with Crippen LogP contribution in [0.25, 0.3) is 0 Å². The molecule has 10 heteroatoms. The molecule has 0 radical (unpaired) electrons. The summed E-state index contributed by atoms with van der Waals surface area (Å²) < 4.78 is 13.2. The molecule has 0 saturated carbocycles. The number of rotatable bonds is 11. The van der Waals surface area contributed by atoms with E-state index in [0.717, 1.165) is 43.6 Å². The summed E-state index contributed by atoms with van der Waals surface area (Å²) >= 11 is 5.92. The first-order chi connectivity index (χ1) is 14.0. The number of hydrogen-bond donors (Lipinski definition) is 2. The maximum absolute atomic E-state index is 5.92. The largest absolute Gasteiger partial charge is 0.489 e. The molecule has 0 aliphatic carbocycles. The number of aromatic nitrogens is 3. The van der Waals surface area contributed by atoms with Crippen LogP contribution in [0, 0.1) is 6.92 Å². The fourth-order valence-electron chi connectivity index (χ4n) is 2.47. The van der Waals surface area contributed by atoms with Gasteiger partial charge in [0.15, 0.2) is 11.8 Å². The predicted octanol–water partition coefficient (Wildman–Crippen LogP) is 3.32. The van der Waals surface area contributed by atoms with Crippen LogP contribution in [0.2, 0.25) is 5.02 Å². The molecule has 0 fully saturated rings. The van der Waals surface area contributed by atoms with Gasteiger partial charge in [0.1, 0.15) is 24.2 Å². The first-order valence-corrected chi connectivity index (χ1v) is 10.2. The van der Waals surface area contributed by atoms with Crippen LogP contribution in [-0.4, -0.2) is 53.1 Å². The van der Waals surface area contributed by atoms with E-state index in [2.05, 4.69) is 25.8 Å². The fourth-order valence-corrected chi connectivity index (χ4v) is 2.59. The van der Waals surface area contributed by atoms with Gasteiger partial charge in [-0.25, -0.2) is 4.99 Å². The van der Waals surface area contributed by atoms with Crippen molar-refractivity contribution in [2.75, 3.05) is 26.3 Å². The number of aliphatic imine (C=N–C) groups is 1. The second-order valence-corrected chi connectivity index (χ2v) is 7.06. The Morgan fingerprint density at radius 2 is 1.97 bits per heavy atom. The van der Waals surface area contributed by atoms with Gasteiger partial charge >= 0.3 is 0 Å². The summed E-state index contributed by atoms with van der Waals surface area (Å²) in [5.41, 5.74) is 0. The summed E-state index contributed by atoms with van der Waals surface area (Å²) in [6.07, 6.45) is 0.845. The van der Waals surface area contributed by atoms with E-state index in [1.54, 1.807) is 0 Å². The highest BCUT2D eigenvalue weighted by molar-refractivity contribution is 14.0. The van der Waals surface area contributed by atoms with Crippen LogP contribution in [0.5, 0.6) is 5.75 Å². The normalized spacial score (nSPS) is 12.2. The van der Waals surface area contributed by atoms with Crippen molar-refractivity contribution in [2.24, 2.45) is 12.0 Å². The topological polar surface area (TPSA) is 85.6 Å². The number of guanidine groups is 1. The molecule has 30 heavy (non-hydrogen) atoms. The van der Waals surface area contributed by atoms with Crippen LogP contribution in [0.3, 0.4) is 0 Å². The van der Waals surface area contributed by atoms with Crippen molar-refractivity contribution in [1.29, 1.82) is 0 Å².